The third-order valence-corrected chi connectivity index (χ3v) is 0.371. The summed E-state index contributed by atoms with van der Waals surface area (Å²) in [7, 11) is 0.201. The zero-order chi connectivity index (χ0) is 5.54. The molecule has 0 aromatic heterocycles. The second-order valence-corrected chi connectivity index (χ2v) is 0.821. The maximum atomic E-state index is 9.41. The molecule has 0 aliphatic carbocycles. The molecular formula is C2H5BN2O2. The van der Waals surface area contributed by atoms with Gasteiger partial charge in [-0.25, -0.2) is 0 Å². The van der Waals surface area contributed by atoms with Gasteiger partial charge in [0, 0.05) is 0 Å². The maximum absolute atomic E-state index is 9.41. The molecule has 0 aliphatic rings. The van der Waals surface area contributed by atoms with E-state index in [2.05, 4.69) is 10.5 Å². The van der Waals surface area contributed by atoms with Crippen molar-refractivity contribution in [3.8, 4) is 0 Å². The van der Waals surface area contributed by atoms with Gasteiger partial charge in [0.05, 0.1) is 0 Å². The van der Waals surface area contributed by atoms with E-state index in [4.69, 9.17) is 0 Å². The van der Waals surface area contributed by atoms with Gasteiger partial charge in [0.2, 0.25) is 0 Å². The monoisotopic (exact) mass is 100 g/mol. The Morgan fingerprint density at radius 2 is 1.57 bits per heavy atom. The second kappa shape index (κ2) is 5.00. The van der Waals surface area contributed by atoms with Gasteiger partial charge in [0.15, 0.2) is 12.8 Å². The van der Waals surface area contributed by atoms with Crippen molar-refractivity contribution in [3.63, 3.8) is 0 Å². The van der Waals surface area contributed by atoms with Gasteiger partial charge in [0.25, 0.3) is 0 Å². The molecule has 0 aliphatic heterocycles. The van der Waals surface area contributed by atoms with Gasteiger partial charge in [-0.15, -0.1) is 0 Å². The van der Waals surface area contributed by atoms with Crippen LogP contribution in [-0.2, 0) is 9.59 Å². The number of nitrogens with one attached hydrogen (secondary N) is 2. The average molecular weight is 99.9 g/mol. The van der Waals surface area contributed by atoms with Crippen molar-refractivity contribution in [1.29, 1.82) is 0 Å². The van der Waals surface area contributed by atoms with Crippen molar-refractivity contribution in [1.82, 2.24) is 10.5 Å². The fraction of sp³-hybridized carbons (Fsp3) is 0. The van der Waals surface area contributed by atoms with Crippen LogP contribution in [0.4, 0.5) is 0 Å². The van der Waals surface area contributed by atoms with Gasteiger partial charge in [-0.05, 0) is 0 Å². The van der Waals surface area contributed by atoms with Gasteiger partial charge < -0.3 is 10.5 Å². The summed E-state index contributed by atoms with van der Waals surface area (Å²) in [5.74, 6) is 0. The van der Waals surface area contributed by atoms with Crippen LogP contribution in [0.2, 0.25) is 0 Å². The number of hydrogen-bond acceptors (Lipinski definition) is 2. The van der Waals surface area contributed by atoms with E-state index in [1.807, 2.05) is 0 Å². The number of amides is 2. The molecule has 0 rings (SSSR count). The molecule has 2 amide bonds. The van der Waals surface area contributed by atoms with Gasteiger partial charge >= 0.3 is 7.55 Å². The number of carbonyl (C=O) groups is 2. The summed E-state index contributed by atoms with van der Waals surface area (Å²) in [6.45, 7) is 0. The largest absolute Gasteiger partial charge is 0.385 e. The molecule has 0 spiro atoms. The van der Waals surface area contributed by atoms with Crippen molar-refractivity contribution < 1.29 is 9.59 Å². The summed E-state index contributed by atoms with van der Waals surface area (Å²) in [5, 5.41) is 4.45. The SMILES string of the molecule is O=CNBNC=O. The number of rotatable bonds is 4. The Labute approximate surface area is 41.6 Å². The lowest BCUT2D eigenvalue weighted by atomic mass is 10.2. The summed E-state index contributed by atoms with van der Waals surface area (Å²) in [6.07, 6.45) is 1.02. The average Bonchev–Trinajstić information content (AvgIpc) is 1.69. The second-order valence-electron chi connectivity index (χ2n) is 0.821. The first-order valence-electron chi connectivity index (χ1n) is 1.76. The topological polar surface area (TPSA) is 58.2 Å². The Hall–Kier alpha value is -0.995. The Kier molecular flexibility index (Phi) is 4.29. The Bertz CT molecular complexity index is 58.7. The quantitative estimate of drug-likeness (QED) is 0.238. The minimum Gasteiger partial charge on any atom is -0.385 e. The van der Waals surface area contributed by atoms with Crippen LogP contribution in [0.25, 0.3) is 0 Å². The molecule has 0 radical (unpaired) electrons. The first-order chi connectivity index (χ1) is 3.41. The van der Waals surface area contributed by atoms with Crippen LogP contribution in [0.3, 0.4) is 0 Å². The summed E-state index contributed by atoms with van der Waals surface area (Å²) >= 11 is 0. The molecule has 4 nitrogen and oxygen atoms in total. The van der Waals surface area contributed by atoms with E-state index in [9.17, 15) is 9.59 Å². The molecule has 5 heteroatoms. The molecule has 38 valence electrons. The molecule has 0 aromatic rings. The highest BCUT2D eigenvalue weighted by molar-refractivity contribution is 6.35. The van der Waals surface area contributed by atoms with E-state index in [0.29, 0.717) is 12.8 Å². The Morgan fingerprint density at radius 1 is 1.14 bits per heavy atom. The highest BCUT2D eigenvalue weighted by atomic mass is 16.1. The molecule has 0 atom stereocenters. The molecule has 0 saturated carbocycles. The predicted molar refractivity (Wildman–Crippen MR) is 25.5 cm³/mol. The lowest BCUT2D eigenvalue weighted by molar-refractivity contribution is -0.108. The molecule has 0 heterocycles. The first kappa shape index (κ1) is 6.00. The van der Waals surface area contributed by atoms with E-state index in [-0.39, 0.29) is 7.55 Å². The third-order valence-electron chi connectivity index (χ3n) is 0.371. The lowest BCUT2D eigenvalue weighted by Crippen LogP contribution is -2.30. The fourth-order valence-corrected chi connectivity index (χ4v) is 0.142. The minimum atomic E-state index is 0.201. The van der Waals surface area contributed by atoms with E-state index < -0.39 is 0 Å². The van der Waals surface area contributed by atoms with Gasteiger partial charge in [-0.1, -0.05) is 0 Å². The zero-order valence-electron chi connectivity index (χ0n) is 3.68. The lowest BCUT2D eigenvalue weighted by Gasteiger charge is -1.86. The normalized spacial score (nSPS) is 6.29. The maximum Gasteiger partial charge on any atom is 0.355 e. The van der Waals surface area contributed by atoms with E-state index in [1.165, 1.54) is 0 Å². The van der Waals surface area contributed by atoms with E-state index >= 15 is 0 Å². The van der Waals surface area contributed by atoms with Crippen LogP contribution >= 0.6 is 0 Å². The van der Waals surface area contributed by atoms with Crippen molar-refractivity contribution >= 4 is 20.4 Å². The van der Waals surface area contributed by atoms with Crippen LogP contribution < -0.4 is 10.5 Å². The number of carbonyl (C=O) groups excluding carboxylic acids is 2. The van der Waals surface area contributed by atoms with Crippen molar-refractivity contribution in [3.05, 3.63) is 0 Å². The van der Waals surface area contributed by atoms with E-state index in [0.717, 1.165) is 0 Å². The molecular weight excluding hydrogens is 94.8 g/mol. The summed E-state index contributed by atoms with van der Waals surface area (Å²) in [5.41, 5.74) is 0. The summed E-state index contributed by atoms with van der Waals surface area (Å²) < 4.78 is 0. The molecule has 2 N–H and O–H groups in total. The van der Waals surface area contributed by atoms with Gasteiger partial charge in [0.1, 0.15) is 0 Å². The molecule has 0 aromatic carbocycles. The molecule has 0 fully saturated rings. The predicted octanol–water partition coefficient (Wildman–Crippen LogP) is -2.26. The van der Waals surface area contributed by atoms with Crippen LogP contribution in [0, 0.1) is 0 Å². The van der Waals surface area contributed by atoms with Crippen LogP contribution in [0.1, 0.15) is 0 Å². The third kappa shape index (κ3) is 5.00. The van der Waals surface area contributed by atoms with Crippen LogP contribution in [-0.4, -0.2) is 20.4 Å². The van der Waals surface area contributed by atoms with Crippen molar-refractivity contribution in [2.75, 3.05) is 0 Å². The van der Waals surface area contributed by atoms with Gasteiger partial charge in [-0.2, -0.15) is 0 Å². The zero-order valence-corrected chi connectivity index (χ0v) is 3.68. The number of hydrogen-bond donors (Lipinski definition) is 2. The Balaban J connectivity index is 2.68. The summed E-state index contributed by atoms with van der Waals surface area (Å²) in [4.78, 5) is 18.8. The van der Waals surface area contributed by atoms with E-state index in [1.54, 1.807) is 0 Å². The highest BCUT2D eigenvalue weighted by Crippen LogP contribution is 1.30. The molecule has 0 saturated heterocycles. The fourth-order valence-electron chi connectivity index (χ4n) is 0.142. The van der Waals surface area contributed by atoms with Crippen molar-refractivity contribution in [2.24, 2.45) is 0 Å². The Morgan fingerprint density at radius 3 is 1.86 bits per heavy atom. The molecule has 7 heavy (non-hydrogen) atoms. The van der Waals surface area contributed by atoms with Crippen LogP contribution in [0.15, 0.2) is 0 Å². The highest BCUT2D eigenvalue weighted by Gasteiger charge is 1.78. The molecule has 0 bridgehead atoms. The first-order valence-corrected chi connectivity index (χ1v) is 1.76. The minimum absolute atomic E-state index is 0.201. The molecule has 0 unspecified atom stereocenters. The summed E-state index contributed by atoms with van der Waals surface area (Å²) in [6, 6.07) is 0. The van der Waals surface area contributed by atoms with Crippen molar-refractivity contribution in [2.45, 2.75) is 0 Å². The van der Waals surface area contributed by atoms with Crippen LogP contribution in [0.5, 0.6) is 0 Å². The smallest absolute Gasteiger partial charge is 0.355 e. The van der Waals surface area contributed by atoms with Gasteiger partial charge in [-0.3, -0.25) is 9.59 Å². The standard InChI is InChI=1S/C2H5BN2O2/c6-1-4-3-5-2-7/h1-3H,(H,4,6)(H,5,7).